The third-order valence-corrected chi connectivity index (χ3v) is 5.01. The summed E-state index contributed by atoms with van der Waals surface area (Å²) in [6.07, 6.45) is 4.09. The van der Waals surface area contributed by atoms with Crippen molar-refractivity contribution in [1.29, 1.82) is 0 Å². The Hall–Kier alpha value is -2.86. The standard InChI is InChI=1S/C21H22N2O4/c1-13-10-16(7-6-14-11-22-18-5-3-2-4-17(14)18)27-21(25)19(13)20(24)23-15-8-9-26-12-15/h2-5,10-11,15,22H,6-9,12H2,1H3,(H,23,24). The van der Waals surface area contributed by atoms with E-state index in [0.29, 0.717) is 31.0 Å². The molecule has 27 heavy (non-hydrogen) atoms. The summed E-state index contributed by atoms with van der Waals surface area (Å²) >= 11 is 0. The largest absolute Gasteiger partial charge is 0.427 e. The van der Waals surface area contributed by atoms with Gasteiger partial charge in [-0.25, -0.2) is 4.79 Å². The van der Waals surface area contributed by atoms with Gasteiger partial charge in [0.05, 0.1) is 12.6 Å². The number of carbonyl (C=O) groups excluding carboxylic acids is 1. The van der Waals surface area contributed by atoms with Crippen molar-refractivity contribution in [2.45, 2.75) is 32.2 Å². The van der Waals surface area contributed by atoms with Gasteiger partial charge in [-0.1, -0.05) is 18.2 Å². The van der Waals surface area contributed by atoms with Gasteiger partial charge in [0.25, 0.3) is 5.91 Å². The zero-order valence-corrected chi connectivity index (χ0v) is 15.2. The Bertz CT molecular complexity index is 1030. The summed E-state index contributed by atoms with van der Waals surface area (Å²) in [7, 11) is 0. The molecule has 0 aliphatic carbocycles. The fraction of sp³-hybridized carbons (Fsp3) is 0.333. The number of carbonyl (C=O) groups is 1. The van der Waals surface area contributed by atoms with Crippen LogP contribution in [0, 0.1) is 6.92 Å². The van der Waals surface area contributed by atoms with E-state index in [1.807, 2.05) is 24.4 Å². The molecule has 0 bridgehead atoms. The Balaban J connectivity index is 1.49. The first-order valence-corrected chi connectivity index (χ1v) is 9.19. The third-order valence-electron chi connectivity index (χ3n) is 5.01. The molecule has 1 saturated heterocycles. The molecule has 140 valence electrons. The second-order valence-electron chi connectivity index (χ2n) is 6.95. The van der Waals surface area contributed by atoms with Crippen LogP contribution in [0.15, 0.2) is 45.7 Å². The third kappa shape index (κ3) is 3.66. The molecule has 2 N–H and O–H groups in total. The van der Waals surface area contributed by atoms with Crippen LogP contribution >= 0.6 is 0 Å². The number of aromatic amines is 1. The fourth-order valence-corrected chi connectivity index (χ4v) is 3.57. The molecule has 1 aromatic carbocycles. The molecule has 4 rings (SSSR count). The Morgan fingerprint density at radius 1 is 1.30 bits per heavy atom. The molecular formula is C21H22N2O4. The Kier molecular flexibility index (Phi) is 4.81. The quantitative estimate of drug-likeness (QED) is 0.727. The lowest BCUT2D eigenvalue weighted by atomic mass is 10.1. The topological polar surface area (TPSA) is 84.3 Å². The minimum Gasteiger partial charge on any atom is -0.427 e. The first-order chi connectivity index (χ1) is 13.1. The van der Waals surface area contributed by atoms with Gasteiger partial charge in [0.1, 0.15) is 11.3 Å². The van der Waals surface area contributed by atoms with E-state index in [9.17, 15) is 9.59 Å². The van der Waals surface area contributed by atoms with Gasteiger partial charge in [-0.05, 0) is 43.0 Å². The number of rotatable bonds is 5. The molecule has 1 amide bonds. The predicted octanol–water partition coefficient (Wildman–Crippen LogP) is 2.73. The zero-order valence-electron chi connectivity index (χ0n) is 15.2. The molecule has 2 aromatic heterocycles. The lowest BCUT2D eigenvalue weighted by molar-refractivity contribution is 0.0925. The van der Waals surface area contributed by atoms with Crippen molar-refractivity contribution in [3.63, 3.8) is 0 Å². The number of ether oxygens (including phenoxy) is 1. The molecule has 1 aliphatic rings. The molecule has 0 radical (unpaired) electrons. The maximum atomic E-state index is 12.4. The maximum absolute atomic E-state index is 12.4. The van der Waals surface area contributed by atoms with Gasteiger partial charge in [-0.2, -0.15) is 0 Å². The van der Waals surface area contributed by atoms with Crippen molar-refractivity contribution < 1.29 is 13.9 Å². The molecule has 6 heteroatoms. The molecule has 1 unspecified atom stereocenters. The van der Waals surface area contributed by atoms with E-state index >= 15 is 0 Å². The van der Waals surface area contributed by atoms with Crippen molar-refractivity contribution in [2.75, 3.05) is 13.2 Å². The van der Waals surface area contributed by atoms with Gasteiger partial charge in [-0.15, -0.1) is 0 Å². The molecule has 0 saturated carbocycles. The summed E-state index contributed by atoms with van der Waals surface area (Å²) in [5, 5.41) is 4.02. The van der Waals surface area contributed by atoms with Crippen LogP contribution in [-0.4, -0.2) is 30.1 Å². The number of nitrogens with one attached hydrogen (secondary N) is 2. The Morgan fingerprint density at radius 2 is 2.15 bits per heavy atom. The lowest BCUT2D eigenvalue weighted by Gasteiger charge is -2.11. The number of H-pyrrole nitrogens is 1. The SMILES string of the molecule is Cc1cc(CCc2c[nH]c3ccccc23)oc(=O)c1C(=O)NC1CCOC1. The van der Waals surface area contributed by atoms with Gasteiger partial charge in [0, 0.05) is 30.1 Å². The number of fused-ring (bicyclic) bond motifs is 1. The Labute approximate surface area is 156 Å². The minimum atomic E-state index is -0.583. The van der Waals surface area contributed by atoms with E-state index < -0.39 is 5.63 Å². The summed E-state index contributed by atoms with van der Waals surface area (Å²) in [4.78, 5) is 28.0. The molecular weight excluding hydrogens is 344 g/mol. The molecule has 3 heterocycles. The normalized spacial score (nSPS) is 16.7. The van der Waals surface area contributed by atoms with Crippen LogP contribution in [0.1, 0.15) is 33.7 Å². The van der Waals surface area contributed by atoms with E-state index in [1.54, 1.807) is 13.0 Å². The Morgan fingerprint density at radius 3 is 2.93 bits per heavy atom. The van der Waals surface area contributed by atoms with E-state index in [4.69, 9.17) is 9.15 Å². The lowest BCUT2D eigenvalue weighted by Crippen LogP contribution is -2.38. The van der Waals surface area contributed by atoms with Crippen molar-refractivity contribution in [3.05, 3.63) is 69.4 Å². The van der Waals surface area contributed by atoms with Crippen molar-refractivity contribution >= 4 is 16.8 Å². The van der Waals surface area contributed by atoms with Crippen LogP contribution in [0.25, 0.3) is 10.9 Å². The van der Waals surface area contributed by atoms with Crippen LogP contribution in [0.5, 0.6) is 0 Å². The number of aryl methyl sites for hydroxylation is 3. The highest BCUT2D eigenvalue weighted by Crippen LogP contribution is 2.20. The zero-order chi connectivity index (χ0) is 18.8. The number of para-hydroxylation sites is 1. The molecule has 0 spiro atoms. The average molecular weight is 366 g/mol. The van der Waals surface area contributed by atoms with Gasteiger partial charge in [0.2, 0.25) is 0 Å². The fourth-order valence-electron chi connectivity index (χ4n) is 3.57. The predicted molar refractivity (Wildman–Crippen MR) is 102 cm³/mol. The van der Waals surface area contributed by atoms with Crippen LogP contribution in [0.4, 0.5) is 0 Å². The van der Waals surface area contributed by atoms with Crippen molar-refractivity contribution in [3.8, 4) is 0 Å². The van der Waals surface area contributed by atoms with E-state index in [0.717, 1.165) is 18.4 Å². The summed E-state index contributed by atoms with van der Waals surface area (Å²) < 4.78 is 10.7. The smallest absolute Gasteiger partial charge is 0.349 e. The molecule has 1 atom stereocenters. The van der Waals surface area contributed by atoms with Crippen molar-refractivity contribution in [1.82, 2.24) is 10.3 Å². The first kappa shape index (κ1) is 17.5. The monoisotopic (exact) mass is 366 g/mol. The van der Waals surface area contributed by atoms with Crippen LogP contribution in [0.2, 0.25) is 0 Å². The molecule has 3 aromatic rings. The van der Waals surface area contributed by atoms with E-state index in [-0.39, 0.29) is 17.5 Å². The van der Waals surface area contributed by atoms with E-state index in [2.05, 4.69) is 16.4 Å². The maximum Gasteiger partial charge on any atom is 0.349 e. The second-order valence-corrected chi connectivity index (χ2v) is 6.95. The second kappa shape index (κ2) is 7.40. The summed E-state index contributed by atoms with van der Waals surface area (Å²) in [6.45, 7) is 2.89. The minimum absolute atomic E-state index is 0.0437. The highest BCUT2D eigenvalue weighted by Gasteiger charge is 2.22. The van der Waals surface area contributed by atoms with Crippen LogP contribution in [-0.2, 0) is 17.6 Å². The number of benzene rings is 1. The molecule has 1 aliphatic heterocycles. The van der Waals surface area contributed by atoms with E-state index in [1.165, 1.54) is 10.9 Å². The summed E-state index contributed by atoms with van der Waals surface area (Å²) in [5.41, 5.74) is 2.40. The highest BCUT2D eigenvalue weighted by molar-refractivity contribution is 5.95. The summed E-state index contributed by atoms with van der Waals surface area (Å²) in [6, 6.07) is 9.85. The number of amides is 1. The number of hydrogen-bond acceptors (Lipinski definition) is 4. The number of aromatic nitrogens is 1. The molecule has 1 fully saturated rings. The van der Waals surface area contributed by atoms with Gasteiger partial charge in [-0.3, -0.25) is 4.79 Å². The summed E-state index contributed by atoms with van der Waals surface area (Å²) in [5.74, 6) is 0.198. The van der Waals surface area contributed by atoms with Crippen LogP contribution in [0.3, 0.4) is 0 Å². The average Bonchev–Trinajstić information content (AvgIpc) is 3.29. The van der Waals surface area contributed by atoms with Crippen molar-refractivity contribution in [2.24, 2.45) is 0 Å². The van der Waals surface area contributed by atoms with Gasteiger partial charge in [0.15, 0.2) is 0 Å². The van der Waals surface area contributed by atoms with Gasteiger partial charge >= 0.3 is 5.63 Å². The molecule has 6 nitrogen and oxygen atoms in total. The van der Waals surface area contributed by atoms with Crippen LogP contribution < -0.4 is 10.9 Å². The number of hydrogen-bond donors (Lipinski definition) is 2. The van der Waals surface area contributed by atoms with Gasteiger partial charge < -0.3 is 19.5 Å². The highest BCUT2D eigenvalue weighted by atomic mass is 16.5. The first-order valence-electron chi connectivity index (χ1n) is 9.19.